The number of benzene rings is 1. The van der Waals surface area contributed by atoms with Gasteiger partial charge in [0, 0.05) is 15.1 Å². The first-order valence-electron chi connectivity index (χ1n) is 5.74. The molecule has 1 fully saturated rings. The molecule has 1 aromatic rings. The minimum Gasteiger partial charge on any atom is -0.480 e. The molecule has 0 spiro atoms. The molecule has 0 aliphatic carbocycles. The second-order valence-corrected chi connectivity index (χ2v) is 5.84. The highest BCUT2D eigenvalue weighted by Crippen LogP contribution is 2.24. The molecule has 0 bridgehead atoms. The summed E-state index contributed by atoms with van der Waals surface area (Å²) >= 11 is 7.91. The van der Waals surface area contributed by atoms with Gasteiger partial charge in [-0.25, -0.2) is 9.59 Å². The largest absolute Gasteiger partial charge is 0.480 e. The molecule has 19 heavy (non-hydrogen) atoms. The maximum Gasteiger partial charge on any atom is 0.326 e. The van der Waals surface area contributed by atoms with Crippen LogP contribution in [0.5, 0.6) is 0 Å². The average Bonchev–Trinajstić information content (AvgIpc) is 2.82. The van der Waals surface area contributed by atoms with Crippen LogP contribution in [0.1, 0.15) is 12.8 Å². The smallest absolute Gasteiger partial charge is 0.326 e. The van der Waals surface area contributed by atoms with Crippen LogP contribution in [0.3, 0.4) is 0 Å². The highest BCUT2D eigenvalue weighted by molar-refractivity contribution is 14.1. The van der Waals surface area contributed by atoms with Crippen molar-refractivity contribution in [2.24, 2.45) is 0 Å². The van der Waals surface area contributed by atoms with Crippen LogP contribution in [0, 0.1) is 3.57 Å². The first-order valence-corrected chi connectivity index (χ1v) is 7.20. The van der Waals surface area contributed by atoms with Crippen molar-refractivity contribution in [2.45, 2.75) is 18.9 Å². The molecule has 1 aromatic carbocycles. The lowest BCUT2D eigenvalue weighted by Gasteiger charge is -2.22. The van der Waals surface area contributed by atoms with Gasteiger partial charge in [-0.15, -0.1) is 0 Å². The Hall–Kier alpha value is -1.02. The number of carboxylic acids is 1. The molecule has 0 aromatic heterocycles. The summed E-state index contributed by atoms with van der Waals surface area (Å²) in [5, 5.41) is 12.4. The fraction of sp³-hybridized carbons (Fsp3) is 0.333. The highest BCUT2D eigenvalue weighted by atomic mass is 127. The first-order chi connectivity index (χ1) is 8.99. The quantitative estimate of drug-likeness (QED) is 0.758. The predicted octanol–water partition coefficient (Wildman–Crippen LogP) is 3.03. The normalized spacial score (nSPS) is 18.4. The van der Waals surface area contributed by atoms with Crippen molar-refractivity contribution < 1.29 is 14.7 Å². The molecular formula is C12H12ClIN2O3. The third-order valence-corrected chi connectivity index (χ3v) is 4.10. The second-order valence-electron chi connectivity index (χ2n) is 4.24. The van der Waals surface area contributed by atoms with Gasteiger partial charge in [-0.2, -0.15) is 0 Å². The van der Waals surface area contributed by atoms with Crippen LogP contribution in [0.25, 0.3) is 0 Å². The van der Waals surface area contributed by atoms with Crippen LogP contribution in [0.15, 0.2) is 18.2 Å². The Morgan fingerprint density at radius 3 is 2.84 bits per heavy atom. The van der Waals surface area contributed by atoms with Gasteiger partial charge in [0.25, 0.3) is 0 Å². The minimum absolute atomic E-state index is 0.384. The van der Waals surface area contributed by atoms with Crippen LogP contribution in [-0.4, -0.2) is 34.6 Å². The van der Waals surface area contributed by atoms with E-state index in [1.54, 1.807) is 18.2 Å². The van der Waals surface area contributed by atoms with Crippen molar-refractivity contribution >= 4 is 51.9 Å². The SMILES string of the molecule is O=C(O)[C@H]1CCCN1C(=O)Nc1ccc(Cl)cc1I. The zero-order chi connectivity index (χ0) is 14.0. The van der Waals surface area contributed by atoms with Crippen LogP contribution >= 0.6 is 34.2 Å². The number of carbonyl (C=O) groups is 2. The summed E-state index contributed by atoms with van der Waals surface area (Å²) in [6, 6.07) is 4.00. The van der Waals surface area contributed by atoms with E-state index in [9.17, 15) is 9.59 Å². The van der Waals surface area contributed by atoms with Crippen molar-refractivity contribution in [3.63, 3.8) is 0 Å². The first kappa shape index (κ1) is 14.4. The summed E-state index contributed by atoms with van der Waals surface area (Å²) in [5.41, 5.74) is 0.631. The average molecular weight is 395 g/mol. The number of carboxylic acid groups (broad SMARTS) is 1. The van der Waals surface area contributed by atoms with E-state index in [-0.39, 0.29) is 6.03 Å². The summed E-state index contributed by atoms with van der Waals surface area (Å²) < 4.78 is 0.810. The summed E-state index contributed by atoms with van der Waals surface area (Å²) in [6.45, 7) is 0.465. The number of hydrogen-bond donors (Lipinski definition) is 2. The topological polar surface area (TPSA) is 69.6 Å². The number of amides is 2. The van der Waals surface area contributed by atoms with Crippen molar-refractivity contribution in [2.75, 3.05) is 11.9 Å². The number of nitrogens with one attached hydrogen (secondary N) is 1. The number of hydrogen-bond acceptors (Lipinski definition) is 2. The molecule has 1 saturated heterocycles. The zero-order valence-electron chi connectivity index (χ0n) is 9.90. The number of urea groups is 1. The van der Waals surface area contributed by atoms with Crippen LogP contribution in [0.4, 0.5) is 10.5 Å². The molecule has 2 N–H and O–H groups in total. The van der Waals surface area contributed by atoms with Gasteiger partial charge in [-0.1, -0.05) is 11.6 Å². The standard InChI is InChI=1S/C12H12ClIN2O3/c13-7-3-4-9(8(14)6-7)15-12(19)16-5-1-2-10(16)11(17)18/h3-4,6,10H,1-2,5H2,(H,15,19)(H,17,18)/t10-/m1/s1. The minimum atomic E-state index is -0.960. The number of likely N-dealkylation sites (tertiary alicyclic amines) is 1. The Kier molecular flexibility index (Phi) is 4.51. The number of aliphatic carboxylic acids is 1. The van der Waals surface area contributed by atoms with E-state index in [0.717, 1.165) is 3.57 Å². The Morgan fingerprint density at radius 2 is 2.21 bits per heavy atom. The predicted molar refractivity (Wildman–Crippen MR) is 80.6 cm³/mol. The summed E-state index contributed by atoms with van der Waals surface area (Å²) in [7, 11) is 0. The lowest BCUT2D eigenvalue weighted by atomic mass is 10.2. The maximum atomic E-state index is 12.1. The highest BCUT2D eigenvalue weighted by Gasteiger charge is 2.34. The van der Waals surface area contributed by atoms with Gasteiger partial charge < -0.3 is 15.3 Å². The van der Waals surface area contributed by atoms with Crippen LogP contribution in [-0.2, 0) is 4.79 Å². The van der Waals surface area contributed by atoms with Gasteiger partial charge in [0.1, 0.15) is 6.04 Å². The fourth-order valence-corrected chi connectivity index (χ4v) is 3.05. The fourth-order valence-electron chi connectivity index (χ4n) is 2.04. The van der Waals surface area contributed by atoms with E-state index in [4.69, 9.17) is 16.7 Å². The molecule has 0 unspecified atom stereocenters. The number of rotatable bonds is 2. The molecule has 1 heterocycles. The number of anilines is 1. The zero-order valence-corrected chi connectivity index (χ0v) is 12.8. The second kappa shape index (κ2) is 5.96. The molecular weight excluding hydrogens is 382 g/mol. The molecule has 1 aliphatic rings. The monoisotopic (exact) mass is 394 g/mol. The summed E-state index contributed by atoms with van der Waals surface area (Å²) in [5.74, 6) is -0.960. The number of carbonyl (C=O) groups excluding carboxylic acids is 1. The Balaban J connectivity index is 2.10. The van der Waals surface area contributed by atoms with Gasteiger partial charge in [-0.05, 0) is 53.6 Å². The molecule has 1 atom stereocenters. The lowest BCUT2D eigenvalue weighted by molar-refractivity contribution is -0.141. The van der Waals surface area contributed by atoms with Crippen molar-refractivity contribution in [3.8, 4) is 0 Å². The molecule has 1 aliphatic heterocycles. The van der Waals surface area contributed by atoms with Gasteiger partial charge in [0.2, 0.25) is 0 Å². The molecule has 2 rings (SSSR count). The van der Waals surface area contributed by atoms with Gasteiger partial charge in [-0.3, -0.25) is 0 Å². The Labute approximate surface area is 129 Å². The van der Waals surface area contributed by atoms with E-state index in [0.29, 0.717) is 30.1 Å². The van der Waals surface area contributed by atoms with Crippen LogP contribution in [0.2, 0.25) is 5.02 Å². The summed E-state index contributed by atoms with van der Waals surface area (Å²) in [6.07, 6.45) is 1.21. The Morgan fingerprint density at radius 1 is 1.47 bits per heavy atom. The number of nitrogens with zero attached hydrogens (tertiary/aromatic N) is 1. The van der Waals surface area contributed by atoms with E-state index in [1.165, 1.54) is 4.90 Å². The van der Waals surface area contributed by atoms with Crippen LogP contribution < -0.4 is 5.32 Å². The molecule has 7 heteroatoms. The van der Waals surface area contributed by atoms with E-state index >= 15 is 0 Å². The van der Waals surface area contributed by atoms with E-state index < -0.39 is 12.0 Å². The molecule has 2 amide bonds. The van der Waals surface area contributed by atoms with Crippen molar-refractivity contribution in [1.82, 2.24) is 4.90 Å². The third-order valence-electron chi connectivity index (χ3n) is 2.97. The molecule has 102 valence electrons. The van der Waals surface area contributed by atoms with Crippen molar-refractivity contribution in [1.29, 1.82) is 0 Å². The van der Waals surface area contributed by atoms with Gasteiger partial charge >= 0.3 is 12.0 Å². The Bertz CT molecular complexity index is 524. The van der Waals surface area contributed by atoms with Gasteiger partial charge in [0.15, 0.2) is 0 Å². The lowest BCUT2D eigenvalue weighted by Crippen LogP contribution is -2.42. The van der Waals surface area contributed by atoms with Crippen molar-refractivity contribution in [3.05, 3.63) is 26.8 Å². The third kappa shape index (κ3) is 3.30. The molecule has 5 nitrogen and oxygen atoms in total. The maximum absolute atomic E-state index is 12.1. The van der Waals surface area contributed by atoms with Gasteiger partial charge in [0.05, 0.1) is 5.69 Å². The molecule has 0 radical (unpaired) electrons. The van der Waals surface area contributed by atoms with E-state index in [1.807, 2.05) is 0 Å². The summed E-state index contributed by atoms with van der Waals surface area (Å²) in [4.78, 5) is 24.5. The number of halogens is 2. The molecule has 0 saturated carbocycles. The van der Waals surface area contributed by atoms with E-state index in [2.05, 4.69) is 27.9 Å².